The molecule has 2 aromatic rings. The largest absolute Gasteiger partial charge is 0.348 e. The first-order valence-electron chi connectivity index (χ1n) is 9.17. The number of carbonyl (C=O) groups excluding carboxylic acids is 1. The molecule has 2 rings (SSSR count). The van der Waals surface area contributed by atoms with Crippen molar-refractivity contribution in [1.29, 1.82) is 0 Å². The zero-order chi connectivity index (χ0) is 21.1. The predicted octanol–water partition coefficient (Wildman–Crippen LogP) is 3.86. The molecule has 2 aromatic carbocycles. The zero-order valence-electron chi connectivity index (χ0n) is 16.9. The molecule has 0 aliphatic heterocycles. The smallest absolute Gasteiger partial charge is 0.244 e. The van der Waals surface area contributed by atoms with Gasteiger partial charge in [0.2, 0.25) is 15.9 Å². The fourth-order valence-electron chi connectivity index (χ4n) is 3.35. The summed E-state index contributed by atoms with van der Waals surface area (Å²) in [6.45, 7) is 7.59. The molecule has 28 heavy (non-hydrogen) atoms. The van der Waals surface area contributed by atoms with Gasteiger partial charge < -0.3 is 5.32 Å². The maximum absolute atomic E-state index is 13.3. The molecule has 1 N–H and O–H groups in total. The molecule has 0 spiro atoms. The predicted molar refractivity (Wildman–Crippen MR) is 110 cm³/mol. The minimum atomic E-state index is -3.75. The van der Waals surface area contributed by atoms with Gasteiger partial charge in [-0.3, -0.25) is 9.10 Å². The number of anilines is 1. The topological polar surface area (TPSA) is 66.5 Å². The van der Waals surface area contributed by atoms with Crippen LogP contribution in [0, 0.1) is 19.7 Å². The summed E-state index contributed by atoms with van der Waals surface area (Å²) < 4.78 is 39.2. The van der Waals surface area contributed by atoms with Crippen LogP contribution in [0.2, 0.25) is 0 Å². The van der Waals surface area contributed by atoms with Gasteiger partial charge in [-0.05, 0) is 62.6 Å². The molecule has 152 valence electrons. The lowest BCUT2D eigenvalue weighted by Gasteiger charge is -2.31. The standard InChI is InChI=1S/C21H27FN2O3S/c1-6-20(24(28(5,26)27)18-10-8-17(22)9-11-18)21(25)23-16(4)19-12-7-14(2)13-15(19)3/h7-13,16,20H,6H2,1-5H3,(H,23,25)/t16-,20-/m0/s1. The van der Waals surface area contributed by atoms with Crippen LogP contribution in [-0.2, 0) is 14.8 Å². The van der Waals surface area contributed by atoms with E-state index in [1.807, 2.05) is 39.0 Å². The number of halogens is 1. The van der Waals surface area contributed by atoms with E-state index in [-0.39, 0.29) is 18.2 Å². The van der Waals surface area contributed by atoms with E-state index in [0.29, 0.717) is 0 Å². The van der Waals surface area contributed by atoms with E-state index < -0.39 is 27.8 Å². The Hall–Kier alpha value is -2.41. The van der Waals surface area contributed by atoms with Crippen molar-refractivity contribution < 1.29 is 17.6 Å². The summed E-state index contributed by atoms with van der Waals surface area (Å²) >= 11 is 0. The molecule has 0 aromatic heterocycles. The molecule has 0 saturated carbocycles. The van der Waals surface area contributed by atoms with Crippen molar-refractivity contribution in [3.8, 4) is 0 Å². The summed E-state index contributed by atoms with van der Waals surface area (Å²) in [6.07, 6.45) is 1.32. The molecular formula is C21H27FN2O3S. The number of nitrogens with zero attached hydrogens (tertiary/aromatic N) is 1. The fraction of sp³-hybridized carbons (Fsp3) is 0.381. The number of benzene rings is 2. The van der Waals surface area contributed by atoms with Gasteiger partial charge in [0.15, 0.2) is 0 Å². The van der Waals surface area contributed by atoms with Crippen LogP contribution in [0.25, 0.3) is 0 Å². The third kappa shape index (κ3) is 5.10. The molecule has 2 atom stereocenters. The van der Waals surface area contributed by atoms with Gasteiger partial charge in [0.25, 0.3) is 0 Å². The third-order valence-corrected chi connectivity index (χ3v) is 5.84. The molecular weight excluding hydrogens is 379 g/mol. The number of sulfonamides is 1. The average Bonchev–Trinajstić information content (AvgIpc) is 2.59. The quantitative estimate of drug-likeness (QED) is 0.759. The van der Waals surface area contributed by atoms with Crippen LogP contribution in [0.15, 0.2) is 42.5 Å². The van der Waals surface area contributed by atoms with Crippen LogP contribution < -0.4 is 9.62 Å². The second-order valence-corrected chi connectivity index (χ2v) is 8.91. The lowest BCUT2D eigenvalue weighted by Crippen LogP contribution is -2.49. The van der Waals surface area contributed by atoms with E-state index in [2.05, 4.69) is 5.32 Å². The number of rotatable bonds is 7. The van der Waals surface area contributed by atoms with E-state index in [1.54, 1.807) is 6.92 Å². The van der Waals surface area contributed by atoms with Crippen molar-refractivity contribution >= 4 is 21.6 Å². The summed E-state index contributed by atoms with van der Waals surface area (Å²) in [6, 6.07) is 9.84. The van der Waals surface area contributed by atoms with E-state index in [9.17, 15) is 17.6 Å². The number of carbonyl (C=O) groups is 1. The molecule has 5 nitrogen and oxygen atoms in total. The Kier molecular flexibility index (Phi) is 6.82. The van der Waals surface area contributed by atoms with Gasteiger partial charge in [0.1, 0.15) is 11.9 Å². The van der Waals surface area contributed by atoms with Crippen LogP contribution in [0.3, 0.4) is 0 Å². The Labute approximate surface area is 166 Å². The highest BCUT2D eigenvalue weighted by Crippen LogP contribution is 2.24. The van der Waals surface area contributed by atoms with Gasteiger partial charge in [-0.2, -0.15) is 0 Å². The van der Waals surface area contributed by atoms with Crippen molar-refractivity contribution in [2.45, 2.75) is 46.2 Å². The maximum Gasteiger partial charge on any atom is 0.244 e. The summed E-state index contributed by atoms with van der Waals surface area (Å²) in [5.74, 6) is -0.872. The number of amides is 1. The molecule has 0 unspecified atom stereocenters. The molecule has 0 heterocycles. The number of hydrogen-bond acceptors (Lipinski definition) is 3. The van der Waals surface area contributed by atoms with Crippen molar-refractivity contribution in [2.24, 2.45) is 0 Å². The summed E-state index contributed by atoms with van der Waals surface area (Å²) in [7, 11) is -3.75. The van der Waals surface area contributed by atoms with Gasteiger partial charge in [-0.15, -0.1) is 0 Å². The number of hydrogen-bond donors (Lipinski definition) is 1. The Morgan fingerprint density at radius 2 is 1.75 bits per heavy atom. The first kappa shape index (κ1) is 21.9. The summed E-state index contributed by atoms with van der Waals surface area (Å²) in [4.78, 5) is 13.0. The lowest BCUT2D eigenvalue weighted by atomic mass is 10.00. The monoisotopic (exact) mass is 406 g/mol. The van der Waals surface area contributed by atoms with Crippen molar-refractivity contribution in [3.63, 3.8) is 0 Å². The van der Waals surface area contributed by atoms with E-state index in [1.165, 1.54) is 24.3 Å². The van der Waals surface area contributed by atoms with Gasteiger partial charge in [0, 0.05) is 0 Å². The van der Waals surface area contributed by atoms with Crippen LogP contribution in [-0.4, -0.2) is 26.6 Å². The fourth-order valence-corrected chi connectivity index (χ4v) is 4.56. The molecule has 0 aliphatic carbocycles. The molecule has 0 aliphatic rings. The Balaban J connectivity index is 2.32. The second-order valence-electron chi connectivity index (χ2n) is 7.05. The van der Waals surface area contributed by atoms with Crippen molar-refractivity contribution in [2.75, 3.05) is 10.6 Å². The van der Waals surface area contributed by atoms with Crippen LogP contribution in [0.4, 0.5) is 10.1 Å². The summed E-state index contributed by atoms with van der Waals surface area (Å²) in [5, 5.41) is 2.92. The zero-order valence-corrected chi connectivity index (χ0v) is 17.7. The number of aryl methyl sites for hydroxylation is 2. The minimum Gasteiger partial charge on any atom is -0.348 e. The molecule has 7 heteroatoms. The molecule has 1 amide bonds. The third-order valence-electron chi connectivity index (χ3n) is 4.66. The lowest BCUT2D eigenvalue weighted by molar-refractivity contribution is -0.122. The molecule has 0 radical (unpaired) electrons. The molecule has 0 bridgehead atoms. The normalized spacial score (nSPS) is 13.6. The molecule has 0 saturated heterocycles. The first-order valence-corrected chi connectivity index (χ1v) is 11.0. The Bertz CT molecular complexity index is 943. The van der Waals surface area contributed by atoms with Crippen molar-refractivity contribution in [1.82, 2.24) is 5.32 Å². The van der Waals surface area contributed by atoms with E-state index in [0.717, 1.165) is 27.3 Å². The Morgan fingerprint density at radius 1 is 1.14 bits per heavy atom. The van der Waals surface area contributed by atoms with E-state index >= 15 is 0 Å². The Morgan fingerprint density at radius 3 is 2.25 bits per heavy atom. The van der Waals surface area contributed by atoms with E-state index in [4.69, 9.17) is 0 Å². The average molecular weight is 407 g/mol. The van der Waals surface area contributed by atoms with Crippen LogP contribution >= 0.6 is 0 Å². The SMILES string of the molecule is CC[C@@H](C(=O)N[C@@H](C)c1ccc(C)cc1C)N(c1ccc(F)cc1)S(C)(=O)=O. The summed E-state index contributed by atoms with van der Waals surface area (Å²) in [5.41, 5.74) is 3.41. The second kappa shape index (κ2) is 8.73. The van der Waals surface area contributed by atoms with Crippen LogP contribution in [0.5, 0.6) is 0 Å². The van der Waals surface area contributed by atoms with Gasteiger partial charge in [0.05, 0.1) is 18.0 Å². The van der Waals surface area contributed by atoms with Crippen LogP contribution in [0.1, 0.15) is 43.0 Å². The highest BCUT2D eigenvalue weighted by molar-refractivity contribution is 7.92. The highest BCUT2D eigenvalue weighted by Gasteiger charge is 2.32. The maximum atomic E-state index is 13.3. The molecule has 0 fully saturated rings. The van der Waals surface area contributed by atoms with Gasteiger partial charge >= 0.3 is 0 Å². The first-order chi connectivity index (χ1) is 13.0. The highest BCUT2D eigenvalue weighted by atomic mass is 32.2. The van der Waals surface area contributed by atoms with Gasteiger partial charge in [-0.25, -0.2) is 12.8 Å². The number of nitrogens with one attached hydrogen (secondary N) is 1. The van der Waals surface area contributed by atoms with Gasteiger partial charge in [-0.1, -0.05) is 30.7 Å². The minimum absolute atomic E-state index is 0.255. The van der Waals surface area contributed by atoms with Crippen molar-refractivity contribution in [3.05, 3.63) is 65.0 Å².